The molecule has 0 saturated carbocycles. The first-order valence-corrected chi connectivity index (χ1v) is 6.95. The van der Waals surface area contributed by atoms with Gasteiger partial charge in [-0.3, -0.25) is 19.4 Å². The van der Waals surface area contributed by atoms with Gasteiger partial charge in [0.05, 0.1) is 25.8 Å². The van der Waals surface area contributed by atoms with Gasteiger partial charge in [0, 0.05) is 19.5 Å². The third-order valence-corrected chi connectivity index (χ3v) is 3.89. The van der Waals surface area contributed by atoms with E-state index in [0.29, 0.717) is 19.9 Å². The lowest BCUT2D eigenvalue weighted by Crippen LogP contribution is -2.46. The van der Waals surface area contributed by atoms with Crippen molar-refractivity contribution in [3.05, 3.63) is 35.9 Å². The Labute approximate surface area is 118 Å². The molecule has 5 heteroatoms. The van der Waals surface area contributed by atoms with Gasteiger partial charge in [-0.2, -0.15) is 0 Å². The normalized spacial score (nSPS) is 24.4. The Bertz CT molecular complexity index is 497. The van der Waals surface area contributed by atoms with Crippen LogP contribution in [0.25, 0.3) is 0 Å². The van der Waals surface area contributed by atoms with Gasteiger partial charge in [0.15, 0.2) is 0 Å². The van der Waals surface area contributed by atoms with Gasteiger partial charge in [-0.1, -0.05) is 30.3 Å². The van der Waals surface area contributed by atoms with Crippen LogP contribution in [0.2, 0.25) is 0 Å². The van der Waals surface area contributed by atoms with E-state index in [1.54, 1.807) is 0 Å². The van der Waals surface area contributed by atoms with E-state index in [0.717, 1.165) is 18.7 Å². The highest BCUT2D eigenvalue weighted by atomic mass is 16.5. The summed E-state index contributed by atoms with van der Waals surface area (Å²) in [5.74, 6) is -0.465. The quantitative estimate of drug-likeness (QED) is 0.766. The Balaban J connectivity index is 1.70. The summed E-state index contributed by atoms with van der Waals surface area (Å²) >= 11 is 0. The molecule has 3 rings (SSSR count). The van der Waals surface area contributed by atoms with E-state index in [4.69, 9.17) is 4.74 Å². The predicted molar refractivity (Wildman–Crippen MR) is 72.9 cm³/mol. The highest BCUT2D eigenvalue weighted by Gasteiger charge is 2.39. The van der Waals surface area contributed by atoms with Gasteiger partial charge in [0.2, 0.25) is 11.8 Å². The molecule has 0 aromatic heterocycles. The molecule has 1 aromatic rings. The van der Waals surface area contributed by atoms with E-state index in [9.17, 15) is 9.59 Å². The molecule has 2 aliphatic rings. The van der Waals surface area contributed by atoms with Crippen LogP contribution in [0.4, 0.5) is 0 Å². The fraction of sp³-hybridized carbons (Fsp3) is 0.467. The van der Waals surface area contributed by atoms with Gasteiger partial charge >= 0.3 is 0 Å². The smallest absolute Gasteiger partial charge is 0.238 e. The molecule has 2 aliphatic heterocycles. The maximum absolute atomic E-state index is 12.4. The lowest BCUT2D eigenvalue weighted by atomic mass is 9.98. The molecule has 1 atom stereocenters. The summed E-state index contributed by atoms with van der Waals surface area (Å²) in [7, 11) is 0. The van der Waals surface area contributed by atoms with E-state index in [2.05, 4.69) is 4.90 Å². The average molecular weight is 274 g/mol. The number of hydrogen-bond acceptors (Lipinski definition) is 4. The van der Waals surface area contributed by atoms with Crippen molar-refractivity contribution in [2.75, 3.05) is 33.0 Å². The van der Waals surface area contributed by atoms with Gasteiger partial charge in [0.25, 0.3) is 0 Å². The summed E-state index contributed by atoms with van der Waals surface area (Å²) in [5, 5.41) is 0. The number of rotatable bonds is 3. The lowest BCUT2D eigenvalue weighted by molar-refractivity contribution is -0.142. The number of carbonyl (C=O) groups is 2. The topological polar surface area (TPSA) is 49.9 Å². The number of imide groups is 1. The molecule has 5 nitrogen and oxygen atoms in total. The first-order valence-electron chi connectivity index (χ1n) is 6.95. The molecular weight excluding hydrogens is 256 g/mol. The van der Waals surface area contributed by atoms with Crippen molar-refractivity contribution in [2.45, 2.75) is 12.3 Å². The number of hydrogen-bond donors (Lipinski definition) is 0. The molecule has 1 aromatic carbocycles. The highest BCUT2D eigenvalue weighted by molar-refractivity contribution is 6.06. The van der Waals surface area contributed by atoms with Gasteiger partial charge in [0.1, 0.15) is 0 Å². The summed E-state index contributed by atoms with van der Waals surface area (Å²) in [4.78, 5) is 28.0. The van der Waals surface area contributed by atoms with Crippen LogP contribution in [0.15, 0.2) is 30.3 Å². The van der Waals surface area contributed by atoms with E-state index in [-0.39, 0.29) is 24.2 Å². The number of amides is 2. The molecule has 2 saturated heterocycles. The fourth-order valence-electron chi connectivity index (χ4n) is 2.72. The Kier molecular flexibility index (Phi) is 3.80. The van der Waals surface area contributed by atoms with Crippen molar-refractivity contribution in [3.8, 4) is 0 Å². The predicted octanol–water partition coefficient (Wildman–Crippen LogP) is 0.819. The second kappa shape index (κ2) is 5.73. The molecular formula is C15H18N2O3. The molecule has 20 heavy (non-hydrogen) atoms. The summed E-state index contributed by atoms with van der Waals surface area (Å²) in [6, 6.07) is 9.54. The molecule has 0 bridgehead atoms. The highest BCUT2D eigenvalue weighted by Crippen LogP contribution is 2.29. The average Bonchev–Trinajstić information content (AvgIpc) is 2.77. The van der Waals surface area contributed by atoms with Crippen LogP contribution in [-0.2, 0) is 14.3 Å². The Morgan fingerprint density at radius 2 is 1.80 bits per heavy atom. The standard InChI is InChI=1S/C15H18N2O3/c18-14-10-13(12-4-2-1-3-5-12)15(19)17(14)11-16-6-8-20-9-7-16/h1-5,13H,6-11H2/t13-/m1/s1. The number of nitrogens with zero attached hydrogens (tertiary/aromatic N) is 2. The Hall–Kier alpha value is -1.72. The van der Waals surface area contributed by atoms with E-state index in [1.165, 1.54) is 4.90 Å². The zero-order valence-corrected chi connectivity index (χ0v) is 11.3. The summed E-state index contributed by atoms with van der Waals surface area (Å²) in [5.41, 5.74) is 0.926. The zero-order valence-electron chi connectivity index (χ0n) is 11.3. The van der Waals surface area contributed by atoms with Crippen LogP contribution in [0, 0.1) is 0 Å². The van der Waals surface area contributed by atoms with Crippen LogP contribution in [-0.4, -0.2) is 54.6 Å². The van der Waals surface area contributed by atoms with Crippen LogP contribution >= 0.6 is 0 Å². The third-order valence-electron chi connectivity index (χ3n) is 3.89. The monoisotopic (exact) mass is 274 g/mol. The van der Waals surface area contributed by atoms with E-state index < -0.39 is 0 Å². The van der Waals surface area contributed by atoms with Crippen LogP contribution < -0.4 is 0 Å². The van der Waals surface area contributed by atoms with Crippen molar-refractivity contribution in [2.24, 2.45) is 0 Å². The maximum atomic E-state index is 12.4. The largest absolute Gasteiger partial charge is 0.379 e. The zero-order chi connectivity index (χ0) is 13.9. The van der Waals surface area contributed by atoms with Crippen LogP contribution in [0.3, 0.4) is 0 Å². The van der Waals surface area contributed by atoms with Crippen molar-refractivity contribution in [3.63, 3.8) is 0 Å². The molecule has 2 heterocycles. The van der Waals surface area contributed by atoms with Crippen molar-refractivity contribution >= 4 is 11.8 Å². The van der Waals surface area contributed by atoms with E-state index >= 15 is 0 Å². The first kappa shape index (κ1) is 13.3. The van der Waals surface area contributed by atoms with Crippen LogP contribution in [0.5, 0.6) is 0 Å². The number of ether oxygens (including phenoxy) is 1. The Morgan fingerprint density at radius 1 is 1.10 bits per heavy atom. The van der Waals surface area contributed by atoms with Gasteiger partial charge in [-0.25, -0.2) is 0 Å². The Morgan fingerprint density at radius 3 is 2.50 bits per heavy atom. The fourth-order valence-corrected chi connectivity index (χ4v) is 2.72. The van der Waals surface area contributed by atoms with Gasteiger partial charge in [-0.05, 0) is 5.56 Å². The van der Waals surface area contributed by atoms with Crippen LogP contribution in [0.1, 0.15) is 17.9 Å². The molecule has 0 aliphatic carbocycles. The van der Waals surface area contributed by atoms with Crippen molar-refractivity contribution in [1.29, 1.82) is 0 Å². The molecule has 2 amide bonds. The van der Waals surface area contributed by atoms with Crippen molar-refractivity contribution < 1.29 is 14.3 Å². The minimum atomic E-state index is -0.315. The van der Waals surface area contributed by atoms with E-state index in [1.807, 2.05) is 30.3 Å². The molecule has 0 unspecified atom stereocenters. The SMILES string of the molecule is O=C1C[C@H](c2ccccc2)C(=O)N1CN1CCOCC1. The minimum absolute atomic E-state index is 0.0738. The second-order valence-corrected chi connectivity index (χ2v) is 5.20. The lowest BCUT2D eigenvalue weighted by Gasteiger charge is -2.29. The van der Waals surface area contributed by atoms with Gasteiger partial charge in [-0.15, -0.1) is 0 Å². The number of morpholine rings is 1. The van der Waals surface area contributed by atoms with Gasteiger partial charge < -0.3 is 4.74 Å². The maximum Gasteiger partial charge on any atom is 0.238 e. The molecule has 0 spiro atoms. The molecule has 2 fully saturated rings. The summed E-state index contributed by atoms with van der Waals surface area (Å²) in [6.45, 7) is 3.27. The summed E-state index contributed by atoms with van der Waals surface area (Å²) < 4.78 is 5.28. The third kappa shape index (κ3) is 2.59. The number of benzene rings is 1. The second-order valence-electron chi connectivity index (χ2n) is 5.20. The number of carbonyl (C=O) groups excluding carboxylic acids is 2. The summed E-state index contributed by atoms with van der Waals surface area (Å²) in [6.07, 6.45) is 0.285. The first-order chi connectivity index (χ1) is 9.75. The van der Waals surface area contributed by atoms with Crippen molar-refractivity contribution in [1.82, 2.24) is 9.80 Å². The molecule has 0 radical (unpaired) electrons. The molecule has 106 valence electrons. The molecule has 0 N–H and O–H groups in total. The minimum Gasteiger partial charge on any atom is -0.379 e. The number of likely N-dealkylation sites (tertiary alicyclic amines) is 1.